The fraction of sp³-hybridized carbons (Fsp3) is 0.425. The Morgan fingerprint density at radius 2 is 1.77 bits per heavy atom. The van der Waals surface area contributed by atoms with E-state index in [1.807, 2.05) is 24.4 Å². The van der Waals surface area contributed by atoms with Crippen molar-refractivity contribution in [1.29, 1.82) is 10.5 Å². The summed E-state index contributed by atoms with van der Waals surface area (Å²) in [5.74, 6) is 1.09. The molecule has 5 aromatic rings. The number of anilines is 3. The molecular formula is C40H44N14O2. The number of hydrogen-bond donors (Lipinski definition) is 3. The van der Waals surface area contributed by atoms with Gasteiger partial charge in [0.15, 0.2) is 11.5 Å². The van der Waals surface area contributed by atoms with Crippen LogP contribution in [-0.2, 0) is 9.59 Å². The highest BCUT2D eigenvalue weighted by molar-refractivity contribution is 6.01. The lowest BCUT2D eigenvalue weighted by atomic mass is 9.79. The molecule has 0 radical (unpaired) electrons. The first-order valence-electron chi connectivity index (χ1n) is 19.3. The van der Waals surface area contributed by atoms with Crippen molar-refractivity contribution in [2.75, 3.05) is 48.3 Å². The van der Waals surface area contributed by atoms with Gasteiger partial charge in [0, 0.05) is 67.5 Å². The number of nitriles is 2. The van der Waals surface area contributed by atoms with E-state index in [1.54, 1.807) is 34.7 Å². The first kappa shape index (κ1) is 36.6. The average Bonchev–Trinajstić information content (AvgIpc) is 3.90. The third-order valence-electron chi connectivity index (χ3n) is 11.2. The third-order valence-corrected chi connectivity index (χ3v) is 11.2. The molecule has 3 fully saturated rings. The first-order valence-corrected chi connectivity index (χ1v) is 19.3. The molecule has 1 aromatic carbocycles. The molecule has 16 heteroatoms. The number of nitrogens with zero attached hydrogens (tertiary/aromatic N) is 11. The van der Waals surface area contributed by atoms with E-state index in [-0.39, 0.29) is 17.9 Å². The standard InChI is InChI=1S/C40H44N14O2/c1-26(20-41)46-34-19-37(54-39-30(23-45-54)18-28(21-42)22-44-39)43-24-36(34)53-25-35(49-50-53)29-4-2-27(3-5-29)12-13-51-14-16-52(17-15-51)32-8-6-31(7-9-32)47-33-10-11-38(55)48-40(33)56/h6-9,18-19,22-27,29,33,47H,2-5,10-17H2,1H3,(H,43,46)(H,48,55,56)/t26-,27?,29?,33?/m1/s1. The molecule has 6 heterocycles. The minimum atomic E-state index is -0.466. The number of aromatic nitrogens is 7. The number of rotatable bonds is 11. The Labute approximate surface area is 324 Å². The van der Waals surface area contributed by atoms with Crippen LogP contribution in [0.25, 0.3) is 22.5 Å². The van der Waals surface area contributed by atoms with Crippen molar-refractivity contribution in [1.82, 2.24) is 45.0 Å². The SMILES string of the molecule is C[C@H](C#N)Nc1cc(-n2ncc3cc(C#N)cnc32)ncc1-n1cc(C2CCC(CCN3CCN(c4ccc(NC5CCC(=O)NC5=O)cc4)CC3)CC2)nn1. The summed E-state index contributed by atoms with van der Waals surface area (Å²) in [7, 11) is 0. The Bertz CT molecular complexity index is 2290. The molecule has 4 aromatic heterocycles. The minimum absolute atomic E-state index is 0.207. The molecule has 56 heavy (non-hydrogen) atoms. The topological polar surface area (TPSA) is 199 Å². The summed E-state index contributed by atoms with van der Waals surface area (Å²) in [5.41, 5.74) is 5.41. The number of imide groups is 1. The van der Waals surface area contributed by atoms with Crippen molar-refractivity contribution >= 4 is 39.9 Å². The summed E-state index contributed by atoms with van der Waals surface area (Å²) in [6.07, 6.45) is 13.4. The van der Waals surface area contributed by atoms with Gasteiger partial charge in [0.25, 0.3) is 0 Å². The van der Waals surface area contributed by atoms with Crippen LogP contribution in [0.5, 0.6) is 0 Å². The van der Waals surface area contributed by atoms with Crippen LogP contribution in [0.4, 0.5) is 17.1 Å². The van der Waals surface area contributed by atoms with Gasteiger partial charge in [-0.3, -0.25) is 19.8 Å². The van der Waals surface area contributed by atoms with E-state index in [9.17, 15) is 20.1 Å². The maximum atomic E-state index is 12.1. The van der Waals surface area contributed by atoms with Gasteiger partial charge < -0.3 is 15.5 Å². The molecule has 2 amide bonds. The van der Waals surface area contributed by atoms with Gasteiger partial charge in [0.2, 0.25) is 11.8 Å². The molecule has 1 saturated carbocycles. The summed E-state index contributed by atoms with van der Waals surface area (Å²) < 4.78 is 3.34. The number of carbonyl (C=O) groups excluding carboxylic acids is 2. The molecule has 286 valence electrons. The van der Waals surface area contributed by atoms with E-state index in [0.717, 1.165) is 62.3 Å². The number of nitrogens with one attached hydrogen (secondary N) is 3. The van der Waals surface area contributed by atoms with Crippen molar-refractivity contribution < 1.29 is 9.59 Å². The van der Waals surface area contributed by atoms with Crippen LogP contribution in [0.1, 0.15) is 69.0 Å². The van der Waals surface area contributed by atoms with E-state index >= 15 is 0 Å². The molecule has 2 aliphatic heterocycles. The molecule has 1 unspecified atom stereocenters. The van der Waals surface area contributed by atoms with Crippen LogP contribution >= 0.6 is 0 Å². The predicted molar refractivity (Wildman–Crippen MR) is 209 cm³/mol. The van der Waals surface area contributed by atoms with Crippen LogP contribution in [-0.4, -0.2) is 96.3 Å². The lowest BCUT2D eigenvalue weighted by Crippen LogP contribution is -2.47. The van der Waals surface area contributed by atoms with Crippen LogP contribution < -0.4 is 20.9 Å². The molecule has 0 spiro atoms. The lowest BCUT2D eigenvalue weighted by Gasteiger charge is -2.37. The molecule has 8 rings (SSSR count). The molecule has 0 bridgehead atoms. The second kappa shape index (κ2) is 16.1. The predicted octanol–water partition coefficient (Wildman–Crippen LogP) is 4.30. The maximum Gasteiger partial charge on any atom is 0.249 e. The number of piperazine rings is 1. The van der Waals surface area contributed by atoms with Crippen molar-refractivity contribution in [3.8, 4) is 23.6 Å². The zero-order chi connectivity index (χ0) is 38.6. The summed E-state index contributed by atoms with van der Waals surface area (Å²) in [6.45, 7) is 6.93. The summed E-state index contributed by atoms with van der Waals surface area (Å²) in [4.78, 5) is 37.7. The van der Waals surface area contributed by atoms with Gasteiger partial charge in [-0.05, 0) is 88.2 Å². The van der Waals surface area contributed by atoms with E-state index in [4.69, 9.17) is 0 Å². The zero-order valence-electron chi connectivity index (χ0n) is 31.3. The number of piperidine rings is 1. The monoisotopic (exact) mass is 752 g/mol. The Morgan fingerprint density at radius 1 is 0.964 bits per heavy atom. The Morgan fingerprint density at radius 3 is 2.52 bits per heavy atom. The van der Waals surface area contributed by atoms with E-state index in [2.05, 4.69) is 75.4 Å². The molecule has 16 nitrogen and oxygen atoms in total. The van der Waals surface area contributed by atoms with Crippen LogP contribution in [0, 0.1) is 28.6 Å². The lowest BCUT2D eigenvalue weighted by molar-refractivity contribution is -0.133. The van der Waals surface area contributed by atoms with Gasteiger partial charge in [-0.1, -0.05) is 5.21 Å². The highest BCUT2D eigenvalue weighted by atomic mass is 16.2. The number of hydrogen-bond acceptors (Lipinski definition) is 13. The van der Waals surface area contributed by atoms with Crippen LogP contribution in [0.15, 0.2) is 61.2 Å². The number of fused-ring (bicyclic) bond motifs is 1. The number of pyridine rings is 2. The number of carbonyl (C=O) groups is 2. The Balaban J connectivity index is 0.823. The van der Waals surface area contributed by atoms with Crippen molar-refractivity contribution in [3.63, 3.8) is 0 Å². The summed E-state index contributed by atoms with van der Waals surface area (Å²) in [5, 5.41) is 42.0. The van der Waals surface area contributed by atoms with Gasteiger partial charge in [-0.2, -0.15) is 20.3 Å². The summed E-state index contributed by atoms with van der Waals surface area (Å²) >= 11 is 0. The normalized spacial score (nSPS) is 20.9. The second-order valence-corrected chi connectivity index (χ2v) is 15.0. The van der Waals surface area contributed by atoms with E-state index in [0.29, 0.717) is 53.1 Å². The molecule has 3 N–H and O–H groups in total. The molecule has 3 aliphatic rings. The molecular weight excluding hydrogens is 709 g/mol. The van der Waals surface area contributed by atoms with Crippen LogP contribution in [0.3, 0.4) is 0 Å². The smallest absolute Gasteiger partial charge is 0.249 e. The minimum Gasteiger partial charge on any atom is -0.374 e. The number of benzene rings is 1. The van der Waals surface area contributed by atoms with Gasteiger partial charge in [-0.25, -0.2) is 14.6 Å². The maximum absolute atomic E-state index is 12.1. The van der Waals surface area contributed by atoms with Crippen LogP contribution in [0.2, 0.25) is 0 Å². The van der Waals surface area contributed by atoms with Gasteiger partial charge in [0.1, 0.15) is 23.8 Å². The van der Waals surface area contributed by atoms with Gasteiger partial charge in [-0.15, -0.1) is 5.10 Å². The largest absolute Gasteiger partial charge is 0.374 e. The third kappa shape index (κ3) is 8.01. The molecule has 1 aliphatic carbocycles. The highest BCUT2D eigenvalue weighted by Gasteiger charge is 2.28. The van der Waals surface area contributed by atoms with Gasteiger partial charge in [0.05, 0.1) is 41.6 Å². The van der Waals surface area contributed by atoms with E-state index in [1.165, 1.54) is 31.1 Å². The first-order chi connectivity index (χ1) is 27.3. The quantitative estimate of drug-likeness (QED) is 0.162. The van der Waals surface area contributed by atoms with Crippen molar-refractivity contribution in [3.05, 3.63) is 72.4 Å². The Hall–Kier alpha value is -6.39. The van der Waals surface area contributed by atoms with Crippen molar-refractivity contribution in [2.24, 2.45) is 5.92 Å². The zero-order valence-corrected chi connectivity index (χ0v) is 31.3. The fourth-order valence-electron chi connectivity index (χ4n) is 7.99. The highest BCUT2D eigenvalue weighted by Crippen LogP contribution is 2.37. The van der Waals surface area contributed by atoms with Gasteiger partial charge >= 0.3 is 0 Å². The number of amides is 2. The fourth-order valence-corrected chi connectivity index (χ4v) is 7.99. The molecule has 2 saturated heterocycles. The average molecular weight is 753 g/mol. The summed E-state index contributed by atoms with van der Waals surface area (Å²) in [6, 6.07) is 15.3. The Kier molecular flexibility index (Phi) is 10.5. The van der Waals surface area contributed by atoms with Crippen molar-refractivity contribution in [2.45, 2.75) is 69.9 Å². The van der Waals surface area contributed by atoms with E-state index < -0.39 is 6.04 Å². The molecule has 2 atom stereocenters. The second-order valence-electron chi connectivity index (χ2n) is 15.0.